The summed E-state index contributed by atoms with van der Waals surface area (Å²) >= 11 is 0. The molecular formula is C10H19N. The number of rotatable bonds is 3. The van der Waals surface area contributed by atoms with Crippen molar-refractivity contribution in [2.24, 2.45) is 11.8 Å². The molecule has 1 N–H and O–H groups in total. The van der Waals surface area contributed by atoms with Gasteiger partial charge in [0.25, 0.3) is 0 Å². The average Bonchev–Trinajstić information content (AvgIpc) is 2.76. The third-order valence-electron chi connectivity index (χ3n) is 3.50. The molecule has 0 aromatic rings. The van der Waals surface area contributed by atoms with E-state index >= 15 is 0 Å². The van der Waals surface area contributed by atoms with Crippen LogP contribution in [0, 0.1) is 11.8 Å². The molecule has 64 valence electrons. The third kappa shape index (κ3) is 1.44. The van der Waals surface area contributed by atoms with Crippen LogP contribution >= 0.6 is 0 Å². The van der Waals surface area contributed by atoms with E-state index < -0.39 is 0 Å². The Morgan fingerprint density at radius 2 is 2.09 bits per heavy atom. The van der Waals surface area contributed by atoms with Crippen molar-refractivity contribution in [1.82, 2.24) is 5.32 Å². The van der Waals surface area contributed by atoms with Crippen LogP contribution in [0.25, 0.3) is 0 Å². The summed E-state index contributed by atoms with van der Waals surface area (Å²) in [6, 6.07) is 1.77. The molecule has 0 aromatic carbocycles. The van der Waals surface area contributed by atoms with Gasteiger partial charge in [0.2, 0.25) is 0 Å². The zero-order chi connectivity index (χ0) is 7.84. The van der Waals surface area contributed by atoms with Crippen LogP contribution in [-0.2, 0) is 0 Å². The molecule has 0 aromatic heterocycles. The lowest BCUT2D eigenvalue weighted by Gasteiger charge is -2.35. The first kappa shape index (κ1) is 7.60. The van der Waals surface area contributed by atoms with E-state index in [0.29, 0.717) is 0 Å². The van der Waals surface area contributed by atoms with Gasteiger partial charge in [-0.2, -0.15) is 0 Å². The standard InChI is InChI=1S/C10H19N/c1-3-8-6-10(8)11-9-5-4-7(9)2/h7-11H,3-6H2,1-2H3. The Balaban J connectivity index is 1.67. The van der Waals surface area contributed by atoms with E-state index in [9.17, 15) is 0 Å². The smallest absolute Gasteiger partial charge is 0.0102 e. The van der Waals surface area contributed by atoms with Crippen LogP contribution in [-0.4, -0.2) is 12.1 Å². The lowest BCUT2D eigenvalue weighted by molar-refractivity contribution is 0.225. The largest absolute Gasteiger partial charge is 0.311 e. The van der Waals surface area contributed by atoms with E-state index in [2.05, 4.69) is 19.2 Å². The highest BCUT2D eigenvalue weighted by Gasteiger charge is 2.39. The minimum absolute atomic E-state index is 0.872. The summed E-state index contributed by atoms with van der Waals surface area (Å²) in [5, 5.41) is 3.74. The van der Waals surface area contributed by atoms with Gasteiger partial charge in [-0.05, 0) is 31.1 Å². The summed E-state index contributed by atoms with van der Waals surface area (Å²) in [6.07, 6.45) is 5.69. The molecule has 0 spiro atoms. The highest BCUT2D eigenvalue weighted by atomic mass is 15.0. The number of hydrogen-bond donors (Lipinski definition) is 1. The number of nitrogens with one attached hydrogen (secondary N) is 1. The van der Waals surface area contributed by atoms with E-state index in [4.69, 9.17) is 0 Å². The van der Waals surface area contributed by atoms with Gasteiger partial charge < -0.3 is 5.32 Å². The molecule has 0 radical (unpaired) electrons. The van der Waals surface area contributed by atoms with Gasteiger partial charge in [-0.15, -0.1) is 0 Å². The summed E-state index contributed by atoms with van der Waals surface area (Å²) < 4.78 is 0. The van der Waals surface area contributed by atoms with Crippen LogP contribution in [0.5, 0.6) is 0 Å². The van der Waals surface area contributed by atoms with Crippen LogP contribution in [0.2, 0.25) is 0 Å². The monoisotopic (exact) mass is 153 g/mol. The molecule has 0 heterocycles. The molecule has 4 atom stereocenters. The van der Waals surface area contributed by atoms with Gasteiger partial charge in [0.15, 0.2) is 0 Å². The van der Waals surface area contributed by atoms with Crippen molar-refractivity contribution < 1.29 is 0 Å². The second-order valence-electron chi connectivity index (χ2n) is 4.34. The van der Waals surface area contributed by atoms with Crippen molar-refractivity contribution in [2.45, 2.75) is 51.6 Å². The summed E-state index contributed by atoms with van der Waals surface area (Å²) in [6.45, 7) is 4.67. The van der Waals surface area contributed by atoms with Crippen molar-refractivity contribution in [2.75, 3.05) is 0 Å². The Kier molecular flexibility index (Phi) is 1.92. The van der Waals surface area contributed by atoms with E-state index in [1.54, 1.807) is 0 Å². The lowest BCUT2D eigenvalue weighted by Crippen LogP contribution is -2.43. The van der Waals surface area contributed by atoms with E-state index in [1.165, 1.54) is 25.7 Å². The molecule has 0 amide bonds. The predicted molar refractivity (Wildman–Crippen MR) is 47.5 cm³/mol. The zero-order valence-corrected chi connectivity index (χ0v) is 7.64. The van der Waals surface area contributed by atoms with Gasteiger partial charge in [0.1, 0.15) is 0 Å². The van der Waals surface area contributed by atoms with Gasteiger partial charge in [-0.3, -0.25) is 0 Å². The van der Waals surface area contributed by atoms with Crippen LogP contribution < -0.4 is 5.32 Å². The lowest BCUT2D eigenvalue weighted by atomic mass is 9.81. The summed E-state index contributed by atoms with van der Waals surface area (Å²) in [4.78, 5) is 0. The van der Waals surface area contributed by atoms with Crippen molar-refractivity contribution in [3.05, 3.63) is 0 Å². The molecule has 0 saturated heterocycles. The van der Waals surface area contributed by atoms with Crippen LogP contribution in [0.4, 0.5) is 0 Å². The molecule has 1 nitrogen and oxygen atoms in total. The van der Waals surface area contributed by atoms with E-state index in [1.807, 2.05) is 0 Å². The molecule has 0 aliphatic heterocycles. The van der Waals surface area contributed by atoms with Crippen LogP contribution in [0.15, 0.2) is 0 Å². The maximum atomic E-state index is 3.74. The fourth-order valence-corrected chi connectivity index (χ4v) is 2.09. The van der Waals surface area contributed by atoms with Crippen molar-refractivity contribution in [1.29, 1.82) is 0 Å². The Bertz CT molecular complexity index is 144. The summed E-state index contributed by atoms with van der Waals surface area (Å²) in [5.41, 5.74) is 0. The fourth-order valence-electron chi connectivity index (χ4n) is 2.09. The molecule has 2 rings (SSSR count). The van der Waals surface area contributed by atoms with Gasteiger partial charge >= 0.3 is 0 Å². The predicted octanol–water partition coefficient (Wildman–Crippen LogP) is 2.17. The molecule has 0 bridgehead atoms. The maximum absolute atomic E-state index is 3.74. The first-order valence-electron chi connectivity index (χ1n) is 5.07. The third-order valence-corrected chi connectivity index (χ3v) is 3.50. The van der Waals surface area contributed by atoms with Crippen molar-refractivity contribution in [3.8, 4) is 0 Å². The molecular weight excluding hydrogens is 134 g/mol. The molecule has 2 aliphatic carbocycles. The Morgan fingerprint density at radius 1 is 1.27 bits per heavy atom. The van der Waals surface area contributed by atoms with Crippen LogP contribution in [0.3, 0.4) is 0 Å². The molecule has 2 fully saturated rings. The SMILES string of the molecule is CCC1CC1NC1CCC1C. The number of hydrogen-bond acceptors (Lipinski definition) is 1. The first-order valence-corrected chi connectivity index (χ1v) is 5.07. The second-order valence-corrected chi connectivity index (χ2v) is 4.34. The Hall–Kier alpha value is -0.0400. The van der Waals surface area contributed by atoms with E-state index in [-0.39, 0.29) is 0 Å². The van der Waals surface area contributed by atoms with Crippen molar-refractivity contribution >= 4 is 0 Å². The second kappa shape index (κ2) is 2.78. The Morgan fingerprint density at radius 3 is 2.45 bits per heavy atom. The maximum Gasteiger partial charge on any atom is 0.0102 e. The Labute approximate surface area is 69.6 Å². The van der Waals surface area contributed by atoms with Gasteiger partial charge in [-0.1, -0.05) is 20.3 Å². The van der Waals surface area contributed by atoms with Crippen molar-refractivity contribution in [3.63, 3.8) is 0 Å². The normalized spacial score (nSPS) is 48.5. The topological polar surface area (TPSA) is 12.0 Å². The molecule has 4 unspecified atom stereocenters. The summed E-state index contributed by atoms with van der Waals surface area (Å²) in [5.74, 6) is 1.97. The van der Waals surface area contributed by atoms with Gasteiger partial charge in [0, 0.05) is 12.1 Å². The first-order chi connectivity index (χ1) is 5.31. The van der Waals surface area contributed by atoms with Crippen LogP contribution in [0.1, 0.15) is 39.5 Å². The van der Waals surface area contributed by atoms with Gasteiger partial charge in [-0.25, -0.2) is 0 Å². The molecule has 2 saturated carbocycles. The molecule has 11 heavy (non-hydrogen) atoms. The molecule has 1 heteroatoms. The minimum atomic E-state index is 0.872. The highest BCUT2D eigenvalue weighted by Crippen LogP contribution is 2.37. The highest BCUT2D eigenvalue weighted by molar-refractivity contribution is 4.97. The molecule has 2 aliphatic rings. The zero-order valence-electron chi connectivity index (χ0n) is 7.64. The summed E-state index contributed by atoms with van der Waals surface area (Å²) in [7, 11) is 0. The van der Waals surface area contributed by atoms with Gasteiger partial charge in [0.05, 0.1) is 0 Å². The van der Waals surface area contributed by atoms with E-state index in [0.717, 1.165) is 23.9 Å². The minimum Gasteiger partial charge on any atom is -0.311 e. The fraction of sp³-hybridized carbons (Fsp3) is 1.00. The quantitative estimate of drug-likeness (QED) is 0.655. The average molecular weight is 153 g/mol.